The number of thiophene rings is 1. The molecule has 28 heavy (non-hydrogen) atoms. The predicted octanol–water partition coefficient (Wildman–Crippen LogP) is 4.14. The Labute approximate surface area is 171 Å². The lowest BCUT2D eigenvalue weighted by Gasteiger charge is -2.36. The molecule has 3 heterocycles. The van der Waals surface area contributed by atoms with Gasteiger partial charge in [-0.2, -0.15) is 0 Å². The Bertz CT molecular complexity index is 896. The topological polar surface area (TPSA) is 49.3 Å². The molecule has 0 N–H and O–H groups in total. The van der Waals surface area contributed by atoms with E-state index in [0.29, 0.717) is 17.7 Å². The molecule has 6 heteroatoms. The second kappa shape index (κ2) is 7.29. The van der Waals surface area contributed by atoms with Gasteiger partial charge in [-0.1, -0.05) is 13.8 Å². The third-order valence-electron chi connectivity index (χ3n) is 6.68. The first-order valence-corrected chi connectivity index (χ1v) is 11.8. The number of aromatic nitrogens is 2. The number of carbonyl (C=O) groups excluding carboxylic acids is 1. The van der Waals surface area contributed by atoms with Gasteiger partial charge in [-0.05, 0) is 50.5 Å². The molecule has 5 nitrogen and oxygen atoms in total. The molecule has 1 aliphatic heterocycles. The number of nitrogens with zero attached hydrogens (tertiary/aromatic N) is 4. The Balaban J connectivity index is 1.50. The molecule has 1 saturated carbocycles. The van der Waals surface area contributed by atoms with Crippen molar-refractivity contribution >= 4 is 33.3 Å². The third-order valence-corrected chi connectivity index (χ3v) is 7.87. The highest BCUT2D eigenvalue weighted by atomic mass is 32.1. The lowest BCUT2D eigenvalue weighted by Crippen LogP contribution is -2.49. The van der Waals surface area contributed by atoms with Crippen LogP contribution < -0.4 is 4.90 Å². The normalized spacial score (nSPS) is 21.1. The highest BCUT2D eigenvalue weighted by Gasteiger charge is 2.35. The first-order valence-electron chi connectivity index (χ1n) is 11.0. The van der Waals surface area contributed by atoms with Crippen LogP contribution in [0.2, 0.25) is 0 Å². The summed E-state index contributed by atoms with van der Waals surface area (Å²) in [5, 5.41) is 1.31. The molecule has 0 aromatic carbocycles. The highest BCUT2D eigenvalue weighted by Crippen LogP contribution is 2.41. The van der Waals surface area contributed by atoms with Crippen molar-refractivity contribution in [3.05, 3.63) is 16.3 Å². The molecule has 0 bridgehead atoms. The molecule has 5 rings (SSSR count). The van der Waals surface area contributed by atoms with Gasteiger partial charge in [-0.25, -0.2) is 9.97 Å². The van der Waals surface area contributed by atoms with Crippen LogP contribution in [0.4, 0.5) is 5.82 Å². The molecule has 1 amide bonds. The van der Waals surface area contributed by atoms with Gasteiger partial charge in [0.2, 0.25) is 5.91 Å². The van der Waals surface area contributed by atoms with Crippen LogP contribution in [0.15, 0.2) is 0 Å². The van der Waals surface area contributed by atoms with Crippen molar-refractivity contribution in [3.8, 4) is 0 Å². The quantitative estimate of drug-likeness (QED) is 0.777. The smallest absolute Gasteiger partial charge is 0.225 e. The number of aryl methyl sites for hydroxylation is 2. The monoisotopic (exact) mass is 398 g/mol. The fourth-order valence-electron chi connectivity index (χ4n) is 4.51. The molecule has 3 aliphatic rings. The van der Waals surface area contributed by atoms with Gasteiger partial charge in [-0.15, -0.1) is 11.3 Å². The van der Waals surface area contributed by atoms with E-state index in [2.05, 4.69) is 23.6 Å². The summed E-state index contributed by atoms with van der Waals surface area (Å²) < 4.78 is 0. The predicted molar refractivity (Wildman–Crippen MR) is 114 cm³/mol. The van der Waals surface area contributed by atoms with Gasteiger partial charge in [0, 0.05) is 42.9 Å². The zero-order valence-electron chi connectivity index (χ0n) is 17.0. The third kappa shape index (κ3) is 3.19. The molecule has 2 aliphatic carbocycles. The van der Waals surface area contributed by atoms with Crippen LogP contribution in [0.3, 0.4) is 0 Å². The standard InChI is InChI=1S/C22H30N4OS/c1-3-14(2)19-23-20(18-16-6-4-5-7-17(16)28-21(18)24-19)25-10-12-26(13-11-25)22(27)15-8-9-15/h14-15H,3-13H2,1-2H3/t14-/m1/s1. The summed E-state index contributed by atoms with van der Waals surface area (Å²) in [6.45, 7) is 7.85. The van der Waals surface area contributed by atoms with E-state index in [0.717, 1.165) is 63.5 Å². The van der Waals surface area contributed by atoms with Gasteiger partial charge in [0.1, 0.15) is 16.5 Å². The second-order valence-corrected chi connectivity index (χ2v) is 9.78. The molecule has 150 valence electrons. The zero-order chi connectivity index (χ0) is 19.3. The van der Waals surface area contributed by atoms with Crippen molar-refractivity contribution in [2.75, 3.05) is 31.1 Å². The lowest BCUT2D eigenvalue weighted by atomic mass is 9.96. The van der Waals surface area contributed by atoms with Gasteiger partial charge >= 0.3 is 0 Å². The van der Waals surface area contributed by atoms with Crippen molar-refractivity contribution in [2.45, 2.75) is 64.7 Å². The summed E-state index contributed by atoms with van der Waals surface area (Å²) >= 11 is 1.90. The SMILES string of the molecule is CC[C@@H](C)c1nc(N2CCN(C(=O)C3CC3)CC2)c2c3c(sc2n1)CCCC3. The van der Waals surface area contributed by atoms with E-state index in [-0.39, 0.29) is 0 Å². The number of hydrogen-bond acceptors (Lipinski definition) is 5. The minimum atomic E-state index is 0.318. The molecule has 0 radical (unpaired) electrons. The first kappa shape index (κ1) is 18.3. The largest absolute Gasteiger partial charge is 0.352 e. The maximum atomic E-state index is 12.4. The van der Waals surface area contributed by atoms with Crippen molar-refractivity contribution in [2.24, 2.45) is 5.92 Å². The Hall–Kier alpha value is -1.69. The van der Waals surface area contributed by atoms with Crippen molar-refractivity contribution in [3.63, 3.8) is 0 Å². The molecule has 2 fully saturated rings. The summed E-state index contributed by atoms with van der Waals surface area (Å²) in [4.78, 5) is 29.8. The van der Waals surface area contributed by atoms with Crippen LogP contribution in [0.1, 0.15) is 68.1 Å². The molecule has 1 atom stereocenters. The number of piperazine rings is 1. The van der Waals surface area contributed by atoms with E-state index >= 15 is 0 Å². The second-order valence-electron chi connectivity index (χ2n) is 8.69. The van der Waals surface area contributed by atoms with Crippen LogP contribution in [-0.2, 0) is 17.6 Å². The number of fused-ring (bicyclic) bond motifs is 3. The van der Waals surface area contributed by atoms with Crippen LogP contribution in [-0.4, -0.2) is 47.0 Å². The number of carbonyl (C=O) groups is 1. The van der Waals surface area contributed by atoms with Gasteiger partial charge in [0.25, 0.3) is 0 Å². The fourth-order valence-corrected chi connectivity index (χ4v) is 5.78. The zero-order valence-corrected chi connectivity index (χ0v) is 17.9. The minimum Gasteiger partial charge on any atom is -0.352 e. The van der Waals surface area contributed by atoms with Gasteiger partial charge in [-0.3, -0.25) is 4.79 Å². The fraction of sp³-hybridized carbons (Fsp3) is 0.682. The molecule has 0 spiro atoms. The maximum Gasteiger partial charge on any atom is 0.225 e. The summed E-state index contributed by atoms with van der Waals surface area (Å²) in [6, 6.07) is 0. The van der Waals surface area contributed by atoms with E-state index in [9.17, 15) is 4.79 Å². The Morgan fingerprint density at radius 2 is 1.89 bits per heavy atom. The summed E-state index contributed by atoms with van der Waals surface area (Å²) in [7, 11) is 0. The van der Waals surface area contributed by atoms with Crippen molar-refractivity contribution in [1.29, 1.82) is 0 Å². The average Bonchev–Trinajstić information content (AvgIpc) is 3.52. The van der Waals surface area contributed by atoms with E-state index < -0.39 is 0 Å². The van der Waals surface area contributed by atoms with E-state index in [1.165, 1.54) is 39.9 Å². The number of hydrogen-bond donors (Lipinski definition) is 0. The number of anilines is 1. The summed E-state index contributed by atoms with van der Waals surface area (Å²) in [6.07, 6.45) is 8.15. The van der Waals surface area contributed by atoms with Gasteiger partial charge in [0.15, 0.2) is 0 Å². The molecule has 0 unspecified atom stereocenters. The average molecular weight is 399 g/mol. The van der Waals surface area contributed by atoms with Crippen LogP contribution in [0, 0.1) is 5.92 Å². The first-order chi connectivity index (χ1) is 13.7. The molecular formula is C22H30N4OS. The molecule has 1 saturated heterocycles. The summed E-state index contributed by atoms with van der Waals surface area (Å²) in [5.41, 5.74) is 1.51. The molecule has 2 aromatic heterocycles. The maximum absolute atomic E-state index is 12.4. The number of amides is 1. The van der Waals surface area contributed by atoms with E-state index in [4.69, 9.17) is 9.97 Å². The van der Waals surface area contributed by atoms with E-state index in [1.54, 1.807) is 0 Å². The molecule has 2 aromatic rings. The van der Waals surface area contributed by atoms with Crippen molar-refractivity contribution in [1.82, 2.24) is 14.9 Å². The van der Waals surface area contributed by atoms with Gasteiger partial charge in [0.05, 0.1) is 5.39 Å². The van der Waals surface area contributed by atoms with Gasteiger partial charge < -0.3 is 9.80 Å². The molecular weight excluding hydrogens is 368 g/mol. The minimum absolute atomic E-state index is 0.318. The van der Waals surface area contributed by atoms with Crippen LogP contribution in [0.25, 0.3) is 10.2 Å². The Morgan fingerprint density at radius 1 is 1.14 bits per heavy atom. The number of rotatable bonds is 4. The van der Waals surface area contributed by atoms with Crippen molar-refractivity contribution < 1.29 is 4.79 Å². The summed E-state index contributed by atoms with van der Waals surface area (Å²) in [5.74, 6) is 3.19. The van der Waals surface area contributed by atoms with E-state index in [1.807, 2.05) is 11.3 Å². The lowest BCUT2D eigenvalue weighted by molar-refractivity contribution is -0.132. The van der Waals surface area contributed by atoms with Crippen LogP contribution in [0.5, 0.6) is 0 Å². The highest BCUT2D eigenvalue weighted by molar-refractivity contribution is 7.19. The van der Waals surface area contributed by atoms with Crippen LogP contribution >= 0.6 is 11.3 Å². The Morgan fingerprint density at radius 3 is 2.61 bits per heavy atom. The Kier molecular flexibility index (Phi) is 4.77.